The molecule has 27 heavy (non-hydrogen) atoms. The molecule has 0 radical (unpaired) electrons. The van der Waals surface area contributed by atoms with E-state index in [1.165, 1.54) is 12.1 Å². The molecule has 0 bridgehead atoms. The van der Waals surface area contributed by atoms with E-state index in [4.69, 9.17) is 11.5 Å². The van der Waals surface area contributed by atoms with Crippen LogP contribution in [0.15, 0.2) is 24.3 Å². The van der Waals surface area contributed by atoms with E-state index >= 15 is 0 Å². The van der Waals surface area contributed by atoms with Gasteiger partial charge in [0, 0.05) is 5.69 Å². The second-order valence-corrected chi connectivity index (χ2v) is 5.41. The second kappa shape index (κ2) is 7.85. The first-order valence-electron chi connectivity index (χ1n) is 7.66. The van der Waals surface area contributed by atoms with Crippen molar-refractivity contribution in [2.45, 2.75) is 25.6 Å². The lowest BCUT2D eigenvalue weighted by atomic mass is 10.2. The highest BCUT2D eigenvalue weighted by molar-refractivity contribution is 5.96. The highest BCUT2D eigenvalue weighted by Crippen LogP contribution is 2.31. The van der Waals surface area contributed by atoms with Gasteiger partial charge in [-0.05, 0) is 24.6 Å². The molecule has 2 aromatic rings. The summed E-state index contributed by atoms with van der Waals surface area (Å²) in [5.41, 5.74) is 9.14. The largest absolute Gasteiger partial charge is 0.416 e. The zero-order valence-corrected chi connectivity index (χ0v) is 14.0. The number of alkyl halides is 3. The predicted molar refractivity (Wildman–Crippen MR) is 90.0 cm³/mol. The van der Waals surface area contributed by atoms with Gasteiger partial charge in [-0.25, -0.2) is 0 Å². The quantitative estimate of drug-likeness (QED) is 0.565. The van der Waals surface area contributed by atoms with Gasteiger partial charge in [-0.15, -0.1) is 10.2 Å². The Labute approximate surface area is 151 Å². The van der Waals surface area contributed by atoms with Crippen molar-refractivity contribution in [3.05, 3.63) is 35.5 Å². The van der Waals surface area contributed by atoms with Crippen molar-refractivity contribution in [2.24, 2.45) is 11.5 Å². The Morgan fingerprint density at radius 2 is 1.93 bits per heavy atom. The summed E-state index contributed by atoms with van der Waals surface area (Å²) in [6.07, 6.45) is -4.22. The number of aromatic nitrogens is 3. The summed E-state index contributed by atoms with van der Waals surface area (Å²) in [6.45, 7) is 1.69. The summed E-state index contributed by atoms with van der Waals surface area (Å²) >= 11 is 0. The molecule has 12 heteroatoms. The van der Waals surface area contributed by atoms with Crippen molar-refractivity contribution in [1.82, 2.24) is 15.2 Å². The van der Waals surface area contributed by atoms with Crippen LogP contribution in [0.1, 0.15) is 29.4 Å². The molecular weight excluding hydrogens is 367 g/mol. The van der Waals surface area contributed by atoms with Crippen molar-refractivity contribution in [3.8, 4) is 0 Å². The first-order valence-corrected chi connectivity index (χ1v) is 7.66. The SMILES string of the molecule is CC[C@@H](Nc1nnc(C(N)=O)c(Nc2cccc(C(F)(F)F)c2)n1)C(N)=O. The van der Waals surface area contributed by atoms with E-state index in [0.29, 0.717) is 6.42 Å². The number of carbonyl (C=O) groups is 2. The van der Waals surface area contributed by atoms with Gasteiger partial charge in [-0.3, -0.25) is 9.59 Å². The molecule has 0 fully saturated rings. The number of halogens is 3. The maximum absolute atomic E-state index is 12.8. The van der Waals surface area contributed by atoms with Gasteiger partial charge in [0.15, 0.2) is 11.5 Å². The fraction of sp³-hybridized carbons (Fsp3) is 0.267. The van der Waals surface area contributed by atoms with E-state index < -0.39 is 29.6 Å². The minimum Gasteiger partial charge on any atom is -0.368 e. The predicted octanol–water partition coefficient (Wildman–Crippen LogP) is 1.41. The molecular formula is C15H16F3N7O2. The molecule has 1 heterocycles. The van der Waals surface area contributed by atoms with Gasteiger partial charge >= 0.3 is 6.18 Å². The topological polar surface area (TPSA) is 149 Å². The highest BCUT2D eigenvalue weighted by atomic mass is 19.4. The number of nitrogens with zero attached hydrogens (tertiary/aromatic N) is 3. The van der Waals surface area contributed by atoms with Crippen LogP contribution in [-0.4, -0.2) is 33.0 Å². The lowest BCUT2D eigenvalue weighted by molar-refractivity contribution is -0.137. The van der Waals surface area contributed by atoms with Crippen LogP contribution in [0.4, 0.5) is 30.6 Å². The van der Waals surface area contributed by atoms with Crippen molar-refractivity contribution in [3.63, 3.8) is 0 Å². The lowest BCUT2D eigenvalue weighted by Gasteiger charge is -2.15. The fourth-order valence-electron chi connectivity index (χ4n) is 2.08. The van der Waals surface area contributed by atoms with Gasteiger partial charge in [0.25, 0.3) is 5.91 Å². The zero-order valence-electron chi connectivity index (χ0n) is 14.0. The van der Waals surface area contributed by atoms with Crippen LogP contribution >= 0.6 is 0 Å². The monoisotopic (exact) mass is 383 g/mol. The summed E-state index contributed by atoms with van der Waals surface area (Å²) < 4.78 is 38.5. The fourth-order valence-corrected chi connectivity index (χ4v) is 2.08. The summed E-state index contributed by atoms with van der Waals surface area (Å²) in [4.78, 5) is 26.8. The molecule has 1 aromatic heterocycles. The molecule has 0 spiro atoms. The van der Waals surface area contributed by atoms with E-state index in [2.05, 4.69) is 25.8 Å². The third-order valence-corrected chi connectivity index (χ3v) is 3.43. The molecule has 0 aliphatic heterocycles. The Morgan fingerprint density at radius 1 is 1.22 bits per heavy atom. The minimum absolute atomic E-state index is 0.000665. The van der Waals surface area contributed by atoms with E-state index in [9.17, 15) is 22.8 Å². The van der Waals surface area contributed by atoms with Crippen LogP contribution in [0, 0.1) is 0 Å². The van der Waals surface area contributed by atoms with Crippen LogP contribution in [0.25, 0.3) is 0 Å². The molecule has 0 aliphatic carbocycles. The molecule has 1 atom stereocenters. The molecule has 9 nitrogen and oxygen atoms in total. The van der Waals surface area contributed by atoms with Gasteiger partial charge in [-0.2, -0.15) is 18.2 Å². The van der Waals surface area contributed by atoms with Crippen molar-refractivity contribution >= 4 is 29.3 Å². The van der Waals surface area contributed by atoms with Gasteiger partial charge < -0.3 is 22.1 Å². The molecule has 6 N–H and O–H groups in total. The summed E-state index contributed by atoms with van der Waals surface area (Å²) in [6, 6.07) is 3.45. The number of hydrogen-bond donors (Lipinski definition) is 4. The number of nitrogens with two attached hydrogens (primary N) is 2. The molecule has 1 aromatic carbocycles. The van der Waals surface area contributed by atoms with E-state index in [0.717, 1.165) is 12.1 Å². The lowest BCUT2D eigenvalue weighted by Crippen LogP contribution is -2.35. The molecule has 0 aliphatic rings. The zero-order chi connectivity index (χ0) is 20.2. The number of primary amides is 2. The maximum atomic E-state index is 12.8. The van der Waals surface area contributed by atoms with Crippen LogP contribution in [-0.2, 0) is 11.0 Å². The van der Waals surface area contributed by atoms with Crippen molar-refractivity contribution in [2.75, 3.05) is 10.6 Å². The Bertz CT molecular complexity index is 858. The average molecular weight is 383 g/mol. The molecule has 0 unspecified atom stereocenters. The second-order valence-electron chi connectivity index (χ2n) is 5.41. The average Bonchev–Trinajstić information content (AvgIpc) is 2.58. The van der Waals surface area contributed by atoms with Crippen molar-refractivity contribution in [1.29, 1.82) is 0 Å². The number of hydrogen-bond acceptors (Lipinski definition) is 7. The number of rotatable bonds is 7. The molecule has 0 saturated heterocycles. The first-order chi connectivity index (χ1) is 12.6. The standard InChI is InChI=1S/C15H16F3N7O2/c1-2-9(11(19)26)22-14-23-13(10(12(20)27)24-25-14)21-8-5-3-4-7(6-8)15(16,17)18/h3-6,9H,2H2,1H3,(H2,19,26)(H2,20,27)(H2,21,22,23,25)/t9-/m1/s1. The number of amides is 2. The van der Waals surface area contributed by atoms with Crippen molar-refractivity contribution < 1.29 is 22.8 Å². The number of nitrogens with one attached hydrogen (secondary N) is 2. The van der Waals surface area contributed by atoms with Gasteiger partial charge in [0.1, 0.15) is 6.04 Å². The molecule has 2 rings (SSSR count). The Hall–Kier alpha value is -3.44. The number of benzene rings is 1. The third-order valence-electron chi connectivity index (χ3n) is 3.43. The first kappa shape index (κ1) is 19.9. The van der Waals surface area contributed by atoms with Crippen LogP contribution in [0.5, 0.6) is 0 Å². The highest BCUT2D eigenvalue weighted by Gasteiger charge is 2.30. The van der Waals surface area contributed by atoms with Gasteiger partial charge in [0.05, 0.1) is 5.56 Å². The summed E-state index contributed by atoms with van der Waals surface area (Å²) in [7, 11) is 0. The van der Waals surface area contributed by atoms with Crippen LogP contribution in [0.2, 0.25) is 0 Å². The maximum Gasteiger partial charge on any atom is 0.416 e. The van der Waals surface area contributed by atoms with Gasteiger partial charge in [0.2, 0.25) is 11.9 Å². The van der Waals surface area contributed by atoms with Gasteiger partial charge in [-0.1, -0.05) is 13.0 Å². The Balaban J connectivity index is 2.38. The smallest absolute Gasteiger partial charge is 0.368 e. The normalized spacial score (nSPS) is 12.3. The third kappa shape index (κ3) is 5.03. The van der Waals surface area contributed by atoms with E-state index in [1.807, 2.05) is 0 Å². The number of carbonyl (C=O) groups excluding carboxylic acids is 2. The number of anilines is 3. The van der Waals surface area contributed by atoms with Crippen LogP contribution in [0.3, 0.4) is 0 Å². The molecule has 2 amide bonds. The molecule has 144 valence electrons. The molecule has 0 saturated carbocycles. The van der Waals surface area contributed by atoms with E-state index in [1.54, 1.807) is 6.92 Å². The Morgan fingerprint density at radius 3 is 2.48 bits per heavy atom. The summed E-state index contributed by atoms with van der Waals surface area (Å²) in [5.74, 6) is -2.02. The van der Waals surface area contributed by atoms with E-state index in [-0.39, 0.29) is 23.1 Å². The Kier molecular flexibility index (Phi) is 5.78. The van der Waals surface area contributed by atoms with Crippen LogP contribution < -0.4 is 22.1 Å². The summed E-state index contributed by atoms with van der Waals surface area (Å²) in [5, 5.41) is 12.4. The minimum atomic E-state index is -4.54.